The molecule has 146 valence electrons. The fourth-order valence-corrected chi connectivity index (χ4v) is 2.91. The number of anilines is 3. The molecule has 0 amide bonds. The Kier molecular flexibility index (Phi) is 6.55. The Morgan fingerprint density at radius 1 is 0.964 bits per heavy atom. The number of halogens is 1. The van der Waals surface area contributed by atoms with Gasteiger partial charge < -0.3 is 20.1 Å². The first kappa shape index (κ1) is 19.8. The van der Waals surface area contributed by atoms with Gasteiger partial charge >= 0.3 is 0 Å². The van der Waals surface area contributed by atoms with Crippen molar-refractivity contribution in [1.29, 1.82) is 0 Å². The molecule has 6 nitrogen and oxygen atoms in total. The first-order chi connectivity index (χ1) is 13.6. The van der Waals surface area contributed by atoms with E-state index in [0.717, 1.165) is 30.2 Å². The Labute approximate surface area is 169 Å². The lowest BCUT2D eigenvalue weighted by atomic mass is 10.1. The third-order valence-corrected chi connectivity index (χ3v) is 4.38. The van der Waals surface area contributed by atoms with Crippen LogP contribution < -0.4 is 20.1 Å². The van der Waals surface area contributed by atoms with Crippen molar-refractivity contribution < 1.29 is 9.47 Å². The lowest BCUT2D eigenvalue weighted by Gasteiger charge is -2.12. The number of benzene rings is 2. The predicted molar refractivity (Wildman–Crippen MR) is 113 cm³/mol. The lowest BCUT2D eigenvalue weighted by Crippen LogP contribution is -2.09. The summed E-state index contributed by atoms with van der Waals surface area (Å²) in [4.78, 5) is 8.99. The molecule has 2 aromatic carbocycles. The molecule has 0 unspecified atom stereocenters. The molecule has 0 saturated carbocycles. The zero-order valence-electron chi connectivity index (χ0n) is 16.1. The van der Waals surface area contributed by atoms with Gasteiger partial charge in [-0.1, -0.05) is 23.7 Å². The number of hydrogen-bond acceptors (Lipinski definition) is 6. The summed E-state index contributed by atoms with van der Waals surface area (Å²) in [6.07, 6.45) is 0.873. The Hall–Kier alpha value is -2.99. The molecule has 0 aliphatic carbocycles. The van der Waals surface area contributed by atoms with Gasteiger partial charge in [0, 0.05) is 23.3 Å². The van der Waals surface area contributed by atoms with Crippen molar-refractivity contribution in [2.45, 2.75) is 13.3 Å². The largest absolute Gasteiger partial charge is 0.497 e. The molecule has 7 heteroatoms. The highest BCUT2D eigenvalue weighted by Crippen LogP contribution is 2.29. The van der Waals surface area contributed by atoms with Crippen LogP contribution in [0.4, 0.5) is 17.5 Å². The van der Waals surface area contributed by atoms with Crippen LogP contribution in [0.3, 0.4) is 0 Å². The molecule has 0 bridgehead atoms. The number of methoxy groups -OCH3 is 2. The maximum absolute atomic E-state index is 6.09. The van der Waals surface area contributed by atoms with E-state index in [1.165, 1.54) is 5.56 Å². The standard InChI is InChI=1S/C21H23ClN4O2/c1-14-12-20(23-11-10-15-4-7-17(27-2)8-5-15)26-21(24-14)25-18-13-16(22)6-9-19(18)28-3/h4-9,12-13H,10-11H2,1-3H3,(H2,23,24,25,26). The summed E-state index contributed by atoms with van der Waals surface area (Å²) < 4.78 is 10.5. The van der Waals surface area contributed by atoms with E-state index in [1.54, 1.807) is 32.4 Å². The molecule has 0 saturated heterocycles. The minimum atomic E-state index is 0.479. The van der Waals surface area contributed by atoms with Crippen LogP contribution in [0, 0.1) is 6.92 Å². The molecule has 3 rings (SSSR count). The highest BCUT2D eigenvalue weighted by Gasteiger charge is 2.08. The smallest absolute Gasteiger partial charge is 0.229 e. The molecule has 0 spiro atoms. The molecule has 0 fully saturated rings. The Bertz CT molecular complexity index is 932. The van der Waals surface area contributed by atoms with Crippen molar-refractivity contribution in [3.8, 4) is 11.5 Å². The predicted octanol–water partition coefficient (Wildman–Crippen LogP) is 4.85. The average Bonchev–Trinajstić information content (AvgIpc) is 2.68. The van der Waals surface area contributed by atoms with Crippen molar-refractivity contribution in [1.82, 2.24) is 9.97 Å². The van der Waals surface area contributed by atoms with Crippen LogP contribution in [0.25, 0.3) is 0 Å². The number of nitrogens with zero attached hydrogens (tertiary/aromatic N) is 2. The normalized spacial score (nSPS) is 10.4. The second-order valence-corrected chi connectivity index (χ2v) is 6.65. The highest BCUT2D eigenvalue weighted by atomic mass is 35.5. The van der Waals surface area contributed by atoms with Gasteiger partial charge in [-0.05, 0) is 49.2 Å². The van der Waals surface area contributed by atoms with Gasteiger partial charge in [0.25, 0.3) is 0 Å². The SMILES string of the molecule is COc1ccc(CCNc2cc(C)nc(Nc3cc(Cl)ccc3OC)n2)cc1. The van der Waals surface area contributed by atoms with E-state index >= 15 is 0 Å². The van der Waals surface area contributed by atoms with Gasteiger partial charge in [0.1, 0.15) is 17.3 Å². The van der Waals surface area contributed by atoms with Gasteiger partial charge in [-0.15, -0.1) is 0 Å². The van der Waals surface area contributed by atoms with Gasteiger partial charge in [-0.2, -0.15) is 4.98 Å². The number of nitrogens with one attached hydrogen (secondary N) is 2. The molecule has 0 atom stereocenters. The molecular weight excluding hydrogens is 376 g/mol. The average molecular weight is 399 g/mol. The molecule has 0 radical (unpaired) electrons. The minimum absolute atomic E-state index is 0.479. The van der Waals surface area contributed by atoms with E-state index in [2.05, 4.69) is 32.7 Å². The van der Waals surface area contributed by atoms with Crippen molar-refractivity contribution >= 4 is 29.1 Å². The molecule has 3 aromatic rings. The number of aryl methyl sites for hydroxylation is 1. The maximum Gasteiger partial charge on any atom is 0.229 e. The third kappa shape index (κ3) is 5.27. The minimum Gasteiger partial charge on any atom is -0.497 e. The molecule has 1 aromatic heterocycles. The van der Waals surface area contributed by atoms with E-state index in [-0.39, 0.29) is 0 Å². The summed E-state index contributed by atoms with van der Waals surface area (Å²) in [5, 5.41) is 7.14. The van der Waals surface area contributed by atoms with E-state index < -0.39 is 0 Å². The van der Waals surface area contributed by atoms with Crippen LogP contribution in [0.1, 0.15) is 11.3 Å². The second kappa shape index (κ2) is 9.28. The topological polar surface area (TPSA) is 68.3 Å². The van der Waals surface area contributed by atoms with Crippen molar-refractivity contribution in [3.63, 3.8) is 0 Å². The van der Waals surface area contributed by atoms with Crippen molar-refractivity contribution in [2.75, 3.05) is 31.4 Å². The number of hydrogen-bond donors (Lipinski definition) is 2. The van der Waals surface area contributed by atoms with Gasteiger partial charge in [-0.3, -0.25) is 0 Å². The zero-order chi connectivity index (χ0) is 19.9. The molecule has 0 aliphatic heterocycles. The van der Waals surface area contributed by atoms with Gasteiger partial charge in [0.05, 0.1) is 19.9 Å². The molecule has 1 heterocycles. The summed E-state index contributed by atoms with van der Waals surface area (Å²) in [5.74, 6) is 2.76. The van der Waals surface area contributed by atoms with Crippen molar-refractivity contribution in [3.05, 3.63) is 64.8 Å². The van der Waals surface area contributed by atoms with E-state index in [4.69, 9.17) is 21.1 Å². The fraction of sp³-hybridized carbons (Fsp3) is 0.238. The molecule has 2 N–H and O–H groups in total. The Balaban J connectivity index is 1.66. The van der Waals surface area contributed by atoms with E-state index in [9.17, 15) is 0 Å². The monoisotopic (exact) mass is 398 g/mol. The molecule has 28 heavy (non-hydrogen) atoms. The Morgan fingerprint density at radius 2 is 1.75 bits per heavy atom. The summed E-state index contributed by atoms with van der Waals surface area (Å²) in [5.41, 5.74) is 2.79. The molecular formula is C21H23ClN4O2. The van der Waals surface area contributed by atoms with Crippen LogP contribution in [-0.4, -0.2) is 30.7 Å². The van der Waals surface area contributed by atoms with Crippen LogP contribution in [0.5, 0.6) is 11.5 Å². The maximum atomic E-state index is 6.09. The van der Waals surface area contributed by atoms with Crippen molar-refractivity contribution in [2.24, 2.45) is 0 Å². The van der Waals surface area contributed by atoms with Gasteiger partial charge in [0.15, 0.2) is 0 Å². The summed E-state index contributed by atoms with van der Waals surface area (Å²) in [7, 11) is 3.27. The summed E-state index contributed by atoms with van der Waals surface area (Å²) in [6.45, 7) is 2.68. The van der Waals surface area contributed by atoms with E-state index in [1.807, 2.05) is 25.1 Å². The summed E-state index contributed by atoms with van der Waals surface area (Å²) in [6, 6.07) is 15.3. The summed E-state index contributed by atoms with van der Waals surface area (Å²) >= 11 is 6.09. The molecule has 0 aliphatic rings. The fourth-order valence-electron chi connectivity index (χ4n) is 2.74. The van der Waals surface area contributed by atoms with Crippen LogP contribution >= 0.6 is 11.6 Å². The zero-order valence-corrected chi connectivity index (χ0v) is 16.9. The van der Waals surface area contributed by atoms with Gasteiger partial charge in [0.2, 0.25) is 5.95 Å². The number of ether oxygens (including phenoxy) is 2. The Morgan fingerprint density at radius 3 is 2.46 bits per heavy atom. The number of aromatic nitrogens is 2. The van der Waals surface area contributed by atoms with Gasteiger partial charge in [-0.25, -0.2) is 4.98 Å². The van der Waals surface area contributed by atoms with E-state index in [0.29, 0.717) is 22.4 Å². The quantitative estimate of drug-likeness (QED) is 0.565. The number of rotatable bonds is 8. The van der Waals surface area contributed by atoms with Crippen LogP contribution in [-0.2, 0) is 6.42 Å². The lowest BCUT2D eigenvalue weighted by molar-refractivity contribution is 0.414. The second-order valence-electron chi connectivity index (χ2n) is 6.21. The van der Waals surface area contributed by atoms with Crippen LogP contribution in [0.2, 0.25) is 5.02 Å². The third-order valence-electron chi connectivity index (χ3n) is 4.14. The first-order valence-corrected chi connectivity index (χ1v) is 9.28. The highest BCUT2D eigenvalue weighted by molar-refractivity contribution is 6.31. The first-order valence-electron chi connectivity index (χ1n) is 8.90. The van der Waals surface area contributed by atoms with Crippen LogP contribution in [0.15, 0.2) is 48.5 Å².